The first-order chi connectivity index (χ1) is 14.5. The number of nitrogens with one attached hydrogen (secondary N) is 1. The first-order valence-electron chi connectivity index (χ1n) is 10.8. The molecule has 0 radical (unpaired) electrons. The van der Waals surface area contributed by atoms with Gasteiger partial charge in [-0.15, -0.1) is 0 Å². The van der Waals surface area contributed by atoms with Crippen molar-refractivity contribution in [2.75, 3.05) is 57.4 Å². The molecule has 6 heteroatoms. The zero-order valence-electron chi connectivity index (χ0n) is 18.0. The van der Waals surface area contributed by atoms with Gasteiger partial charge in [0, 0.05) is 5.69 Å². The SMILES string of the molecule is CC(C)c1ccccc1OCCOC[C@@H](O)C[NH+]1CCN(c2ccc(F)cc2)CC1. The summed E-state index contributed by atoms with van der Waals surface area (Å²) in [7, 11) is 0. The average Bonchev–Trinajstić information content (AvgIpc) is 2.75. The minimum Gasteiger partial charge on any atom is -0.491 e. The van der Waals surface area contributed by atoms with Crippen LogP contribution < -0.4 is 14.5 Å². The third-order valence-corrected chi connectivity index (χ3v) is 5.52. The first kappa shape index (κ1) is 22.5. The maximum absolute atomic E-state index is 13.1. The molecule has 0 amide bonds. The lowest BCUT2D eigenvalue weighted by Gasteiger charge is -2.34. The average molecular weight is 418 g/mol. The molecule has 0 saturated carbocycles. The minimum atomic E-state index is -0.486. The van der Waals surface area contributed by atoms with Gasteiger partial charge in [-0.05, 0) is 41.8 Å². The highest BCUT2D eigenvalue weighted by molar-refractivity contribution is 5.46. The summed E-state index contributed by atoms with van der Waals surface area (Å²) in [5.74, 6) is 1.11. The Balaban J connectivity index is 1.30. The number of hydrogen-bond donors (Lipinski definition) is 2. The normalized spacial score (nSPS) is 16.1. The molecule has 0 bridgehead atoms. The Bertz CT molecular complexity index is 761. The highest BCUT2D eigenvalue weighted by atomic mass is 19.1. The summed E-state index contributed by atoms with van der Waals surface area (Å²) < 4.78 is 24.6. The number of piperazine rings is 1. The Labute approximate surface area is 179 Å². The summed E-state index contributed by atoms with van der Waals surface area (Å²) in [5.41, 5.74) is 2.25. The van der Waals surface area contributed by atoms with Crippen LogP contribution in [0.2, 0.25) is 0 Å². The Morgan fingerprint density at radius 3 is 2.43 bits per heavy atom. The molecule has 0 spiro atoms. The first-order valence-corrected chi connectivity index (χ1v) is 10.8. The number of quaternary nitrogens is 1. The molecular formula is C24H34FN2O3+. The number of para-hydroxylation sites is 1. The van der Waals surface area contributed by atoms with Crippen LogP contribution in [0.1, 0.15) is 25.3 Å². The van der Waals surface area contributed by atoms with Crippen LogP contribution in [0.4, 0.5) is 10.1 Å². The molecular weight excluding hydrogens is 383 g/mol. The van der Waals surface area contributed by atoms with E-state index in [1.165, 1.54) is 22.6 Å². The van der Waals surface area contributed by atoms with Gasteiger partial charge < -0.3 is 24.4 Å². The molecule has 1 atom stereocenters. The van der Waals surface area contributed by atoms with Gasteiger partial charge in [0.2, 0.25) is 0 Å². The van der Waals surface area contributed by atoms with Crippen molar-refractivity contribution in [1.82, 2.24) is 0 Å². The van der Waals surface area contributed by atoms with Crippen LogP contribution in [0.3, 0.4) is 0 Å². The second-order valence-corrected chi connectivity index (χ2v) is 8.19. The van der Waals surface area contributed by atoms with Gasteiger partial charge in [0.1, 0.15) is 30.8 Å². The number of nitrogens with zero attached hydrogens (tertiary/aromatic N) is 1. The van der Waals surface area contributed by atoms with E-state index >= 15 is 0 Å². The van der Waals surface area contributed by atoms with Gasteiger partial charge in [0.15, 0.2) is 0 Å². The number of ether oxygens (including phenoxy) is 2. The van der Waals surface area contributed by atoms with Gasteiger partial charge in [-0.25, -0.2) is 4.39 Å². The zero-order valence-corrected chi connectivity index (χ0v) is 18.0. The van der Waals surface area contributed by atoms with Crippen LogP contribution in [0.25, 0.3) is 0 Å². The molecule has 2 aromatic carbocycles. The quantitative estimate of drug-likeness (QED) is 0.582. The topological polar surface area (TPSA) is 46.4 Å². The third-order valence-electron chi connectivity index (χ3n) is 5.52. The van der Waals surface area contributed by atoms with E-state index in [-0.39, 0.29) is 5.82 Å². The van der Waals surface area contributed by atoms with Crippen molar-refractivity contribution in [2.45, 2.75) is 25.9 Å². The minimum absolute atomic E-state index is 0.208. The Kier molecular flexibility index (Phi) is 8.49. The van der Waals surface area contributed by atoms with E-state index < -0.39 is 6.10 Å². The van der Waals surface area contributed by atoms with Gasteiger partial charge >= 0.3 is 0 Å². The maximum Gasteiger partial charge on any atom is 0.126 e. The fourth-order valence-electron chi connectivity index (χ4n) is 3.85. The van der Waals surface area contributed by atoms with Gasteiger partial charge in [0.05, 0.1) is 39.4 Å². The monoisotopic (exact) mass is 417 g/mol. The number of benzene rings is 2. The van der Waals surface area contributed by atoms with Crippen LogP contribution in [0.5, 0.6) is 5.75 Å². The van der Waals surface area contributed by atoms with Crippen molar-refractivity contribution in [3.8, 4) is 5.75 Å². The predicted molar refractivity (Wildman–Crippen MR) is 117 cm³/mol. The van der Waals surface area contributed by atoms with E-state index in [2.05, 4.69) is 24.8 Å². The van der Waals surface area contributed by atoms with E-state index in [0.29, 0.717) is 32.3 Å². The molecule has 2 N–H and O–H groups in total. The number of aliphatic hydroxyl groups is 1. The predicted octanol–water partition coefficient (Wildman–Crippen LogP) is 2.11. The molecule has 0 unspecified atom stereocenters. The van der Waals surface area contributed by atoms with Crippen molar-refractivity contribution < 1.29 is 23.9 Å². The fourth-order valence-corrected chi connectivity index (χ4v) is 3.85. The van der Waals surface area contributed by atoms with Crippen molar-refractivity contribution in [1.29, 1.82) is 0 Å². The molecule has 1 aliphatic heterocycles. The molecule has 5 nitrogen and oxygen atoms in total. The van der Waals surface area contributed by atoms with Crippen LogP contribution in [-0.4, -0.2) is 63.8 Å². The highest BCUT2D eigenvalue weighted by Crippen LogP contribution is 2.25. The lowest BCUT2D eigenvalue weighted by atomic mass is 10.0. The summed E-state index contributed by atoms with van der Waals surface area (Å²) in [5, 5.41) is 10.3. The van der Waals surface area contributed by atoms with Gasteiger partial charge in [-0.2, -0.15) is 0 Å². The van der Waals surface area contributed by atoms with Crippen molar-refractivity contribution >= 4 is 5.69 Å². The molecule has 0 aliphatic carbocycles. The summed E-state index contributed by atoms with van der Waals surface area (Å²) in [4.78, 5) is 3.63. The number of hydrogen-bond acceptors (Lipinski definition) is 4. The Hall–Kier alpha value is -2.15. The molecule has 1 fully saturated rings. The van der Waals surface area contributed by atoms with E-state index in [1.54, 1.807) is 0 Å². The number of anilines is 1. The summed E-state index contributed by atoms with van der Waals surface area (Å²) >= 11 is 0. The van der Waals surface area contributed by atoms with E-state index in [1.807, 2.05) is 30.3 Å². The van der Waals surface area contributed by atoms with E-state index in [4.69, 9.17) is 9.47 Å². The lowest BCUT2D eigenvalue weighted by Crippen LogP contribution is -3.16. The molecule has 164 valence electrons. The smallest absolute Gasteiger partial charge is 0.126 e. The van der Waals surface area contributed by atoms with Crippen LogP contribution in [0.15, 0.2) is 48.5 Å². The van der Waals surface area contributed by atoms with Gasteiger partial charge in [-0.3, -0.25) is 0 Å². The van der Waals surface area contributed by atoms with Crippen LogP contribution in [0, 0.1) is 5.82 Å². The molecule has 2 aromatic rings. The second-order valence-electron chi connectivity index (χ2n) is 8.19. The number of rotatable bonds is 10. The fraction of sp³-hybridized carbons (Fsp3) is 0.500. The number of halogens is 1. The van der Waals surface area contributed by atoms with Crippen molar-refractivity contribution in [3.63, 3.8) is 0 Å². The molecule has 1 saturated heterocycles. The zero-order chi connectivity index (χ0) is 21.3. The molecule has 1 heterocycles. The van der Waals surface area contributed by atoms with Crippen molar-refractivity contribution in [3.05, 3.63) is 59.9 Å². The summed E-state index contributed by atoms with van der Waals surface area (Å²) in [6, 6.07) is 14.7. The second kappa shape index (κ2) is 11.3. The van der Waals surface area contributed by atoms with Crippen LogP contribution in [-0.2, 0) is 4.74 Å². The van der Waals surface area contributed by atoms with E-state index in [0.717, 1.165) is 37.6 Å². The van der Waals surface area contributed by atoms with Gasteiger partial charge in [0.25, 0.3) is 0 Å². The molecule has 1 aliphatic rings. The number of aliphatic hydroxyl groups excluding tert-OH is 1. The molecule has 0 aromatic heterocycles. The van der Waals surface area contributed by atoms with Gasteiger partial charge in [-0.1, -0.05) is 32.0 Å². The largest absolute Gasteiger partial charge is 0.491 e. The summed E-state index contributed by atoms with van der Waals surface area (Å²) in [6.45, 7) is 9.92. The van der Waals surface area contributed by atoms with Crippen LogP contribution >= 0.6 is 0 Å². The van der Waals surface area contributed by atoms with Crippen molar-refractivity contribution in [2.24, 2.45) is 0 Å². The third kappa shape index (κ3) is 6.69. The maximum atomic E-state index is 13.1. The Morgan fingerprint density at radius 2 is 1.73 bits per heavy atom. The van der Waals surface area contributed by atoms with E-state index in [9.17, 15) is 9.50 Å². The Morgan fingerprint density at radius 1 is 1.03 bits per heavy atom. The molecule has 3 rings (SSSR count). The standard InChI is InChI=1S/C24H33FN2O3/c1-19(2)23-5-3-4-6-24(23)30-16-15-29-18-22(28)17-26-11-13-27(14-12-26)21-9-7-20(25)8-10-21/h3-10,19,22,28H,11-18H2,1-2H3/p+1/t22-/m0/s1. The highest BCUT2D eigenvalue weighted by Gasteiger charge is 2.22. The summed E-state index contributed by atoms with van der Waals surface area (Å²) in [6.07, 6.45) is -0.486. The lowest BCUT2D eigenvalue weighted by molar-refractivity contribution is -0.903. The molecule has 30 heavy (non-hydrogen) atoms.